The molecule has 5 nitrogen and oxygen atoms in total. The lowest BCUT2D eigenvalue weighted by Crippen LogP contribution is -2.20. The zero-order chi connectivity index (χ0) is 23.6. The van der Waals surface area contributed by atoms with E-state index in [2.05, 4.69) is 40.4 Å². The quantitative estimate of drug-likeness (QED) is 0.326. The Morgan fingerprint density at radius 1 is 0.909 bits per heavy atom. The number of carbonyl (C=O) groups excluding carboxylic acids is 2. The number of nitrogens with one attached hydrogen (secondary N) is 2. The number of ether oxygens (including phenoxy) is 1. The first-order valence-corrected chi connectivity index (χ1v) is 11.9. The molecule has 33 heavy (non-hydrogen) atoms. The summed E-state index contributed by atoms with van der Waals surface area (Å²) in [6, 6.07) is 22.9. The summed E-state index contributed by atoms with van der Waals surface area (Å²) in [4.78, 5) is 24.5. The van der Waals surface area contributed by atoms with Crippen molar-refractivity contribution in [3.63, 3.8) is 0 Å². The minimum atomic E-state index is -0.257. The molecule has 172 valence electrons. The number of benzene rings is 3. The largest absolute Gasteiger partial charge is 0.483 e. The predicted molar refractivity (Wildman–Crippen MR) is 137 cm³/mol. The first-order chi connectivity index (χ1) is 15.9. The molecular formula is C27H29BrN2O3. The maximum absolute atomic E-state index is 12.3. The van der Waals surface area contributed by atoms with Crippen molar-refractivity contribution in [2.45, 2.75) is 39.0 Å². The number of aryl methyl sites for hydroxylation is 1. The average Bonchev–Trinajstić information content (AvgIpc) is 2.83. The molecule has 6 heteroatoms. The molecule has 0 aliphatic heterocycles. The van der Waals surface area contributed by atoms with Gasteiger partial charge in [-0.1, -0.05) is 50.2 Å². The second-order valence-corrected chi connectivity index (χ2v) is 8.80. The zero-order valence-corrected chi connectivity index (χ0v) is 20.5. The summed E-state index contributed by atoms with van der Waals surface area (Å²) in [6.07, 6.45) is 2.16. The van der Waals surface area contributed by atoms with Gasteiger partial charge in [-0.2, -0.15) is 0 Å². The summed E-state index contributed by atoms with van der Waals surface area (Å²) >= 11 is 3.52. The standard InChI is InChI=1S/C27H29BrN2O3/c1-3-19(2)21-10-15-25(24(28)17-21)33-18-27(32)30-23-13-11-22(12-14-23)29-26(31)16-9-20-7-5-4-6-8-20/h4-8,10-15,17,19H,3,9,16,18H2,1-2H3,(H,29,31)(H,30,32). The van der Waals surface area contributed by atoms with Gasteiger partial charge in [-0.15, -0.1) is 0 Å². The monoisotopic (exact) mass is 508 g/mol. The van der Waals surface area contributed by atoms with Gasteiger partial charge in [-0.3, -0.25) is 9.59 Å². The molecule has 0 heterocycles. The highest BCUT2D eigenvalue weighted by Crippen LogP contribution is 2.30. The first kappa shape index (κ1) is 24.5. The maximum atomic E-state index is 12.3. The van der Waals surface area contributed by atoms with Crippen molar-refractivity contribution in [1.29, 1.82) is 0 Å². The van der Waals surface area contributed by atoms with E-state index in [1.807, 2.05) is 48.5 Å². The third kappa shape index (κ3) is 7.75. The summed E-state index contributed by atoms with van der Waals surface area (Å²) in [5.74, 6) is 0.794. The molecule has 1 unspecified atom stereocenters. The van der Waals surface area contributed by atoms with Crippen molar-refractivity contribution in [3.8, 4) is 5.75 Å². The number of carbonyl (C=O) groups is 2. The second-order valence-electron chi connectivity index (χ2n) is 7.95. The van der Waals surface area contributed by atoms with E-state index >= 15 is 0 Å². The van der Waals surface area contributed by atoms with Crippen LogP contribution in [0.15, 0.2) is 77.3 Å². The van der Waals surface area contributed by atoms with E-state index in [1.165, 1.54) is 5.56 Å². The number of hydrogen-bond acceptors (Lipinski definition) is 3. The van der Waals surface area contributed by atoms with Gasteiger partial charge in [-0.25, -0.2) is 0 Å². The number of anilines is 2. The summed E-state index contributed by atoms with van der Waals surface area (Å²) in [5, 5.41) is 5.69. The van der Waals surface area contributed by atoms with Crippen LogP contribution in [0.4, 0.5) is 11.4 Å². The lowest BCUT2D eigenvalue weighted by Gasteiger charge is -2.13. The fourth-order valence-electron chi connectivity index (χ4n) is 3.28. The van der Waals surface area contributed by atoms with E-state index in [9.17, 15) is 9.59 Å². The van der Waals surface area contributed by atoms with Gasteiger partial charge in [0, 0.05) is 17.8 Å². The van der Waals surface area contributed by atoms with Gasteiger partial charge < -0.3 is 15.4 Å². The lowest BCUT2D eigenvalue weighted by atomic mass is 9.99. The van der Waals surface area contributed by atoms with Crippen molar-refractivity contribution >= 4 is 39.1 Å². The first-order valence-electron chi connectivity index (χ1n) is 11.1. The molecule has 0 aliphatic carbocycles. The molecular weight excluding hydrogens is 480 g/mol. The molecule has 0 saturated carbocycles. The van der Waals surface area contributed by atoms with Crippen LogP contribution < -0.4 is 15.4 Å². The van der Waals surface area contributed by atoms with Crippen molar-refractivity contribution < 1.29 is 14.3 Å². The Kier molecular flexibility index (Phi) is 9.07. The molecule has 0 fully saturated rings. The van der Waals surface area contributed by atoms with Crippen LogP contribution in [0.5, 0.6) is 5.75 Å². The van der Waals surface area contributed by atoms with Crippen LogP contribution in [0.25, 0.3) is 0 Å². The van der Waals surface area contributed by atoms with Crippen LogP contribution >= 0.6 is 15.9 Å². The number of halogens is 1. The molecule has 0 aliphatic rings. The van der Waals surface area contributed by atoms with E-state index in [4.69, 9.17) is 4.74 Å². The Morgan fingerprint density at radius 3 is 2.15 bits per heavy atom. The summed E-state index contributed by atoms with van der Waals surface area (Å²) in [6.45, 7) is 4.23. The average molecular weight is 509 g/mol. The second kappa shape index (κ2) is 12.2. The Labute approximate surface area is 203 Å². The Morgan fingerprint density at radius 2 is 1.55 bits per heavy atom. The van der Waals surface area contributed by atoms with E-state index in [1.54, 1.807) is 24.3 Å². The summed E-state index contributed by atoms with van der Waals surface area (Å²) in [5.41, 5.74) is 3.68. The van der Waals surface area contributed by atoms with Crippen molar-refractivity contribution in [1.82, 2.24) is 0 Å². The van der Waals surface area contributed by atoms with Crippen LogP contribution in [0.1, 0.15) is 43.7 Å². The van der Waals surface area contributed by atoms with Gasteiger partial charge in [0.1, 0.15) is 5.75 Å². The lowest BCUT2D eigenvalue weighted by molar-refractivity contribution is -0.118. The smallest absolute Gasteiger partial charge is 0.262 e. The van der Waals surface area contributed by atoms with Gasteiger partial charge >= 0.3 is 0 Å². The van der Waals surface area contributed by atoms with E-state index in [0.29, 0.717) is 35.9 Å². The molecule has 0 saturated heterocycles. The number of rotatable bonds is 10. The fraction of sp³-hybridized carbons (Fsp3) is 0.259. The van der Waals surface area contributed by atoms with Gasteiger partial charge in [0.05, 0.1) is 4.47 Å². The molecule has 0 aromatic heterocycles. The van der Waals surface area contributed by atoms with Gasteiger partial charge in [-0.05, 0) is 82.2 Å². The van der Waals surface area contributed by atoms with Crippen LogP contribution in [0, 0.1) is 0 Å². The van der Waals surface area contributed by atoms with Crippen LogP contribution in [-0.2, 0) is 16.0 Å². The SMILES string of the molecule is CCC(C)c1ccc(OCC(=O)Nc2ccc(NC(=O)CCc3ccccc3)cc2)c(Br)c1. The van der Waals surface area contributed by atoms with Gasteiger partial charge in [0.25, 0.3) is 5.91 Å². The molecule has 0 radical (unpaired) electrons. The minimum absolute atomic E-state index is 0.0473. The number of amides is 2. The number of hydrogen-bond donors (Lipinski definition) is 2. The molecule has 1 atom stereocenters. The summed E-state index contributed by atoms with van der Waals surface area (Å²) < 4.78 is 6.50. The Bertz CT molecular complexity index is 1070. The molecule has 3 rings (SSSR count). The maximum Gasteiger partial charge on any atom is 0.262 e. The van der Waals surface area contributed by atoms with E-state index < -0.39 is 0 Å². The molecule has 2 N–H and O–H groups in total. The molecule has 3 aromatic rings. The molecule has 0 spiro atoms. The minimum Gasteiger partial charge on any atom is -0.483 e. The van der Waals surface area contributed by atoms with Crippen molar-refractivity contribution in [3.05, 3.63) is 88.4 Å². The highest BCUT2D eigenvalue weighted by molar-refractivity contribution is 9.10. The van der Waals surface area contributed by atoms with Crippen LogP contribution in [0.3, 0.4) is 0 Å². The Hall–Kier alpha value is -3.12. The third-order valence-corrected chi connectivity index (χ3v) is 6.05. The third-order valence-electron chi connectivity index (χ3n) is 5.43. The molecule has 2 amide bonds. The molecule has 3 aromatic carbocycles. The van der Waals surface area contributed by atoms with Crippen molar-refractivity contribution in [2.75, 3.05) is 17.2 Å². The predicted octanol–water partition coefficient (Wildman–Crippen LogP) is 6.55. The normalized spacial score (nSPS) is 11.5. The fourth-order valence-corrected chi connectivity index (χ4v) is 3.79. The van der Waals surface area contributed by atoms with E-state index in [0.717, 1.165) is 16.5 Å². The summed E-state index contributed by atoms with van der Waals surface area (Å²) in [7, 11) is 0. The van der Waals surface area contributed by atoms with E-state index in [-0.39, 0.29) is 18.4 Å². The Balaban J connectivity index is 1.44. The highest BCUT2D eigenvalue weighted by Gasteiger charge is 2.10. The van der Waals surface area contributed by atoms with Gasteiger partial charge in [0.2, 0.25) is 5.91 Å². The molecule has 0 bridgehead atoms. The zero-order valence-electron chi connectivity index (χ0n) is 18.9. The topological polar surface area (TPSA) is 67.4 Å². The van der Waals surface area contributed by atoms with Crippen LogP contribution in [-0.4, -0.2) is 18.4 Å². The highest BCUT2D eigenvalue weighted by atomic mass is 79.9. The van der Waals surface area contributed by atoms with Crippen molar-refractivity contribution in [2.24, 2.45) is 0 Å². The van der Waals surface area contributed by atoms with Crippen LogP contribution in [0.2, 0.25) is 0 Å². The van der Waals surface area contributed by atoms with Gasteiger partial charge in [0.15, 0.2) is 6.61 Å².